The Morgan fingerprint density at radius 1 is 1.16 bits per heavy atom. The Hall–Kier alpha value is -1.56. The molecule has 1 aliphatic carbocycles. The summed E-state index contributed by atoms with van der Waals surface area (Å²) in [6, 6.07) is 2.21. The molecular formula is C16H23NO2. The quantitative estimate of drug-likeness (QED) is 0.437. The minimum Gasteiger partial charge on any atom is -0.440 e. The molecule has 1 rings (SSSR count). The normalized spacial score (nSPS) is 17.0. The van der Waals surface area contributed by atoms with Crippen molar-refractivity contribution in [2.45, 2.75) is 65.4 Å². The lowest BCUT2D eigenvalue weighted by Gasteiger charge is -2.30. The molecule has 0 bridgehead atoms. The van der Waals surface area contributed by atoms with E-state index in [1.54, 1.807) is 0 Å². The smallest absolute Gasteiger partial charge is 0.339 e. The molecule has 0 amide bonds. The summed E-state index contributed by atoms with van der Waals surface area (Å²) in [5.74, 6) is -0.371. The second-order valence-electron chi connectivity index (χ2n) is 5.69. The van der Waals surface area contributed by atoms with E-state index in [1.165, 1.54) is 0 Å². The zero-order chi connectivity index (χ0) is 14.5. The van der Waals surface area contributed by atoms with Crippen LogP contribution < -0.4 is 0 Å². The van der Waals surface area contributed by atoms with Gasteiger partial charge in [0.05, 0.1) is 5.57 Å². The summed E-state index contributed by atoms with van der Waals surface area (Å²) in [6.07, 6.45) is 6.15. The maximum Gasteiger partial charge on any atom is 0.339 e. The molecule has 3 nitrogen and oxygen atoms in total. The number of nitriles is 1. The van der Waals surface area contributed by atoms with E-state index < -0.39 is 5.60 Å². The van der Waals surface area contributed by atoms with Crippen LogP contribution in [0, 0.1) is 11.3 Å². The molecule has 1 aliphatic rings. The van der Waals surface area contributed by atoms with Crippen molar-refractivity contribution < 1.29 is 9.53 Å². The molecule has 0 unspecified atom stereocenters. The predicted octanol–water partition coefficient (Wildman–Crippen LogP) is 4.06. The minimum absolute atomic E-state index is 0.371. The van der Waals surface area contributed by atoms with Gasteiger partial charge in [-0.15, -0.1) is 0 Å². The molecule has 1 saturated carbocycles. The Balaban J connectivity index is 2.91. The fourth-order valence-corrected chi connectivity index (χ4v) is 2.29. The number of carbonyl (C=O) groups excluding carboxylic acids is 1. The zero-order valence-electron chi connectivity index (χ0n) is 12.4. The molecule has 0 aliphatic heterocycles. The van der Waals surface area contributed by atoms with Crippen LogP contribution >= 0.6 is 0 Å². The van der Waals surface area contributed by atoms with Crippen molar-refractivity contribution in [3.8, 4) is 6.07 Å². The summed E-state index contributed by atoms with van der Waals surface area (Å²) < 4.78 is 5.55. The third-order valence-corrected chi connectivity index (χ3v) is 3.34. The summed E-state index contributed by atoms with van der Waals surface area (Å²) in [4.78, 5) is 12.3. The highest BCUT2D eigenvalue weighted by Crippen LogP contribution is 2.32. The van der Waals surface area contributed by atoms with Crippen molar-refractivity contribution in [1.82, 2.24) is 0 Å². The Bertz CT molecular complexity index is 438. The first-order valence-electron chi connectivity index (χ1n) is 6.87. The van der Waals surface area contributed by atoms with Gasteiger partial charge in [-0.2, -0.15) is 5.26 Å². The van der Waals surface area contributed by atoms with Crippen LogP contribution in [0.2, 0.25) is 0 Å². The van der Waals surface area contributed by atoms with Crippen LogP contribution in [0.3, 0.4) is 0 Å². The highest BCUT2D eigenvalue weighted by molar-refractivity contribution is 5.93. The highest BCUT2D eigenvalue weighted by atomic mass is 16.6. The van der Waals surface area contributed by atoms with Crippen LogP contribution in [0.25, 0.3) is 0 Å². The van der Waals surface area contributed by atoms with E-state index in [0.717, 1.165) is 30.4 Å². The summed E-state index contributed by atoms with van der Waals surface area (Å²) in [6.45, 7) is 7.65. The van der Waals surface area contributed by atoms with Crippen molar-refractivity contribution >= 4 is 5.97 Å². The van der Waals surface area contributed by atoms with Crippen LogP contribution in [-0.4, -0.2) is 11.6 Å². The molecule has 0 aromatic heterocycles. The highest BCUT2D eigenvalue weighted by Gasteiger charge is 2.36. The van der Waals surface area contributed by atoms with E-state index in [4.69, 9.17) is 4.74 Å². The number of hydrogen-bond donors (Lipinski definition) is 0. The van der Waals surface area contributed by atoms with Gasteiger partial charge in [-0.3, -0.25) is 0 Å². The van der Waals surface area contributed by atoms with Crippen molar-refractivity contribution in [3.05, 3.63) is 22.8 Å². The van der Waals surface area contributed by atoms with Crippen LogP contribution in [0.5, 0.6) is 0 Å². The van der Waals surface area contributed by atoms with Gasteiger partial charge in [0.1, 0.15) is 6.07 Å². The van der Waals surface area contributed by atoms with Crippen LogP contribution in [0.4, 0.5) is 0 Å². The van der Waals surface area contributed by atoms with E-state index in [1.807, 2.05) is 33.8 Å². The molecule has 0 radical (unpaired) electrons. The van der Waals surface area contributed by atoms with Crippen molar-refractivity contribution in [2.24, 2.45) is 0 Å². The molecule has 0 atom stereocenters. The first-order valence-corrected chi connectivity index (χ1v) is 6.87. The van der Waals surface area contributed by atoms with Crippen molar-refractivity contribution in [3.63, 3.8) is 0 Å². The van der Waals surface area contributed by atoms with Gasteiger partial charge in [0, 0.05) is 12.8 Å². The SMILES string of the molecule is CC(C)=CC(C(=O)OC1(C#N)CCCCC1)=C(C)C. The van der Waals surface area contributed by atoms with Crippen molar-refractivity contribution in [2.75, 3.05) is 0 Å². The summed E-state index contributed by atoms with van der Waals surface area (Å²) in [5, 5.41) is 9.33. The molecule has 19 heavy (non-hydrogen) atoms. The van der Waals surface area contributed by atoms with Gasteiger partial charge in [-0.1, -0.05) is 17.6 Å². The van der Waals surface area contributed by atoms with E-state index in [0.29, 0.717) is 18.4 Å². The van der Waals surface area contributed by atoms with Crippen LogP contribution in [-0.2, 0) is 9.53 Å². The molecule has 0 aromatic rings. The number of rotatable bonds is 3. The second-order valence-corrected chi connectivity index (χ2v) is 5.69. The second kappa shape index (κ2) is 6.56. The topological polar surface area (TPSA) is 50.1 Å². The number of esters is 1. The third-order valence-electron chi connectivity index (χ3n) is 3.34. The molecule has 0 saturated heterocycles. The first-order chi connectivity index (χ1) is 8.90. The lowest BCUT2D eigenvalue weighted by Crippen LogP contribution is -2.36. The lowest BCUT2D eigenvalue weighted by atomic mass is 9.86. The molecular weight excluding hydrogens is 238 g/mol. The van der Waals surface area contributed by atoms with Gasteiger partial charge in [-0.05, 0) is 46.6 Å². The molecule has 1 fully saturated rings. The van der Waals surface area contributed by atoms with E-state index in [9.17, 15) is 10.1 Å². The number of hydrogen-bond acceptors (Lipinski definition) is 3. The average molecular weight is 261 g/mol. The Kier molecular flexibility index (Phi) is 5.35. The molecule has 3 heteroatoms. The Morgan fingerprint density at radius 2 is 1.74 bits per heavy atom. The number of ether oxygens (including phenoxy) is 1. The molecule has 104 valence electrons. The first kappa shape index (κ1) is 15.5. The van der Waals surface area contributed by atoms with Gasteiger partial charge >= 0.3 is 5.97 Å². The van der Waals surface area contributed by atoms with Crippen molar-refractivity contribution in [1.29, 1.82) is 5.26 Å². The lowest BCUT2D eigenvalue weighted by molar-refractivity contribution is -0.151. The molecule has 0 spiro atoms. The van der Waals surface area contributed by atoms with E-state index in [2.05, 4.69) is 6.07 Å². The molecule has 0 aromatic carbocycles. The maximum atomic E-state index is 12.3. The Morgan fingerprint density at radius 3 is 2.16 bits per heavy atom. The number of carbonyl (C=O) groups is 1. The zero-order valence-corrected chi connectivity index (χ0v) is 12.4. The largest absolute Gasteiger partial charge is 0.440 e. The van der Waals surface area contributed by atoms with Crippen LogP contribution in [0.1, 0.15) is 59.8 Å². The van der Waals surface area contributed by atoms with Gasteiger partial charge in [0.15, 0.2) is 5.60 Å². The third kappa shape index (κ3) is 4.24. The standard InChI is InChI=1S/C16H23NO2/c1-12(2)10-14(13(3)4)15(18)19-16(11-17)8-6-5-7-9-16/h10H,5-9H2,1-4H3. The van der Waals surface area contributed by atoms with E-state index >= 15 is 0 Å². The molecule has 0 heterocycles. The van der Waals surface area contributed by atoms with Gasteiger partial charge in [-0.25, -0.2) is 4.79 Å². The van der Waals surface area contributed by atoms with E-state index in [-0.39, 0.29) is 5.97 Å². The average Bonchev–Trinajstić information content (AvgIpc) is 2.36. The monoisotopic (exact) mass is 261 g/mol. The summed E-state index contributed by atoms with van der Waals surface area (Å²) in [5.41, 5.74) is 1.61. The molecule has 0 N–H and O–H groups in total. The van der Waals surface area contributed by atoms with Gasteiger partial charge < -0.3 is 4.74 Å². The Labute approximate surface area is 115 Å². The fraction of sp³-hybridized carbons (Fsp3) is 0.625. The maximum absolute atomic E-state index is 12.3. The van der Waals surface area contributed by atoms with Gasteiger partial charge in [0.2, 0.25) is 0 Å². The summed E-state index contributed by atoms with van der Waals surface area (Å²) >= 11 is 0. The van der Waals surface area contributed by atoms with Crippen LogP contribution in [0.15, 0.2) is 22.8 Å². The van der Waals surface area contributed by atoms with Gasteiger partial charge in [0.25, 0.3) is 0 Å². The summed E-state index contributed by atoms with van der Waals surface area (Å²) in [7, 11) is 0. The minimum atomic E-state index is -0.911. The fourth-order valence-electron chi connectivity index (χ4n) is 2.29. The number of nitrogens with zero attached hydrogens (tertiary/aromatic N) is 1. The number of allylic oxidation sites excluding steroid dienone is 2. The predicted molar refractivity (Wildman–Crippen MR) is 75.3 cm³/mol.